The number of rotatable bonds is 3. The molecule has 1 unspecified atom stereocenters. The van der Waals surface area contributed by atoms with E-state index in [0.29, 0.717) is 18.9 Å². The minimum atomic E-state index is -0.516. The summed E-state index contributed by atoms with van der Waals surface area (Å²) in [5.74, 6) is -0.132. The first-order valence-corrected chi connectivity index (χ1v) is 6.54. The number of nitro benzene ring substituents is 1. The molecule has 0 aromatic heterocycles. The van der Waals surface area contributed by atoms with Gasteiger partial charge >= 0.3 is 0 Å². The van der Waals surface area contributed by atoms with E-state index >= 15 is 0 Å². The predicted octanol–water partition coefficient (Wildman–Crippen LogP) is 2.98. The van der Waals surface area contributed by atoms with Gasteiger partial charge < -0.3 is 15.2 Å². The summed E-state index contributed by atoms with van der Waals surface area (Å²) >= 11 is 0. The average molecular weight is 286 g/mol. The average Bonchev–Trinajstić information content (AvgIpc) is 2.49. The van der Waals surface area contributed by atoms with Crippen LogP contribution in [0, 0.1) is 10.1 Å². The molecular formula is C15H14N2O4. The summed E-state index contributed by atoms with van der Waals surface area (Å²) in [6.45, 7) is 0.987. The van der Waals surface area contributed by atoms with Gasteiger partial charge in [-0.1, -0.05) is 24.3 Å². The zero-order chi connectivity index (χ0) is 14.8. The fraction of sp³-hybridized carbons (Fsp3) is 0.200. The van der Waals surface area contributed by atoms with Gasteiger partial charge in [-0.05, 0) is 23.3 Å². The highest BCUT2D eigenvalue weighted by atomic mass is 16.6. The summed E-state index contributed by atoms with van der Waals surface area (Å²) in [5, 5.41) is 23.6. The molecule has 6 heteroatoms. The zero-order valence-corrected chi connectivity index (χ0v) is 11.2. The Balaban J connectivity index is 1.93. The number of fused-ring (bicyclic) bond motifs is 1. The van der Waals surface area contributed by atoms with Crippen molar-refractivity contribution < 1.29 is 14.8 Å². The second-order valence-corrected chi connectivity index (χ2v) is 4.87. The summed E-state index contributed by atoms with van der Waals surface area (Å²) in [4.78, 5) is 10.6. The van der Waals surface area contributed by atoms with Crippen LogP contribution in [-0.4, -0.2) is 16.6 Å². The minimum Gasteiger partial charge on any atom is -0.508 e. The molecule has 0 spiro atoms. The molecule has 1 aliphatic rings. The molecule has 1 heterocycles. The Morgan fingerprint density at radius 3 is 2.90 bits per heavy atom. The van der Waals surface area contributed by atoms with Gasteiger partial charge in [-0.25, -0.2) is 0 Å². The van der Waals surface area contributed by atoms with Crippen LogP contribution in [0.4, 0.5) is 11.4 Å². The lowest BCUT2D eigenvalue weighted by Crippen LogP contribution is -2.23. The van der Waals surface area contributed by atoms with Gasteiger partial charge in [0.2, 0.25) is 0 Å². The Kier molecular flexibility index (Phi) is 3.45. The molecule has 2 aromatic carbocycles. The molecule has 0 bridgehead atoms. The smallest absolute Gasteiger partial charge is 0.296 e. The molecule has 108 valence electrons. The topological polar surface area (TPSA) is 84.6 Å². The van der Waals surface area contributed by atoms with Crippen molar-refractivity contribution in [1.82, 2.24) is 0 Å². The number of ether oxygens (including phenoxy) is 1. The molecule has 1 aliphatic heterocycles. The number of hydrogen-bond acceptors (Lipinski definition) is 5. The van der Waals surface area contributed by atoms with Crippen molar-refractivity contribution in [3.05, 3.63) is 63.7 Å². The Bertz CT molecular complexity index is 687. The van der Waals surface area contributed by atoms with Crippen molar-refractivity contribution in [2.45, 2.75) is 12.6 Å². The van der Waals surface area contributed by atoms with E-state index in [-0.39, 0.29) is 17.5 Å². The van der Waals surface area contributed by atoms with Crippen molar-refractivity contribution in [2.75, 3.05) is 11.9 Å². The van der Waals surface area contributed by atoms with Gasteiger partial charge in [0, 0.05) is 0 Å². The molecule has 0 radical (unpaired) electrons. The van der Waals surface area contributed by atoms with E-state index in [2.05, 4.69) is 5.32 Å². The summed E-state index contributed by atoms with van der Waals surface area (Å²) in [6.07, 6.45) is 0. The molecule has 0 aliphatic carbocycles. The fourth-order valence-corrected chi connectivity index (χ4v) is 2.48. The van der Waals surface area contributed by atoms with E-state index in [1.165, 1.54) is 12.1 Å². The van der Waals surface area contributed by atoms with Crippen LogP contribution in [-0.2, 0) is 11.3 Å². The third-order valence-electron chi connectivity index (χ3n) is 3.48. The number of hydrogen-bond donors (Lipinski definition) is 2. The maximum absolute atomic E-state index is 11.1. The molecule has 6 nitrogen and oxygen atoms in total. The van der Waals surface area contributed by atoms with Crippen molar-refractivity contribution >= 4 is 11.4 Å². The maximum Gasteiger partial charge on any atom is 0.296 e. The van der Waals surface area contributed by atoms with Crippen molar-refractivity contribution in [2.24, 2.45) is 0 Å². The van der Waals surface area contributed by atoms with Crippen LogP contribution in [0.5, 0.6) is 5.75 Å². The quantitative estimate of drug-likeness (QED) is 0.514. The highest BCUT2D eigenvalue weighted by Crippen LogP contribution is 2.33. The molecule has 21 heavy (non-hydrogen) atoms. The van der Waals surface area contributed by atoms with Crippen LogP contribution in [0.2, 0.25) is 0 Å². The fourth-order valence-electron chi connectivity index (χ4n) is 2.48. The maximum atomic E-state index is 11.1. The number of nitro groups is 1. The molecule has 0 saturated heterocycles. The van der Waals surface area contributed by atoms with Crippen molar-refractivity contribution in [3.63, 3.8) is 0 Å². The monoisotopic (exact) mass is 286 g/mol. The third kappa shape index (κ3) is 2.66. The normalized spacial score (nSPS) is 17.0. The number of aromatic hydroxyl groups is 1. The molecule has 0 amide bonds. The van der Waals surface area contributed by atoms with Gasteiger partial charge in [-0.2, -0.15) is 0 Å². The predicted molar refractivity (Wildman–Crippen MR) is 77.2 cm³/mol. The van der Waals surface area contributed by atoms with Crippen LogP contribution in [0.25, 0.3) is 0 Å². The first-order valence-electron chi connectivity index (χ1n) is 6.54. The minimum absolute atomic E-state index is 0.132. The number of nitrogens with zero attached hydrogens (tertiary/aromatic N) is 1. The van der Waals surface area contributed by atoms with Gasteiger partial charge in [-0.3, -0.25) is 10.1 Å². The Hall–Kier alpha value is -2.60. The zero-order valence-electron chi connectivity index (χ0n) is 11.2. The highest BCUT2D eigenvalue weighted by Gasteiger charge is 2.23. The number of anilines is 1. The first-order chi connectivity index (χ1) is 10.1. The number of benzene rings is 2. The standard InChI is InChI=1S/C15H14N2O4/c18-11-5-6-13(15(7-11)17(19)20)16-14-9-21-8-10-3-1-2-4-12(10)14/h1-7,14,16,18H,8-9H2. The van der Waals surface area contributed by atoms with E-state index in [4.69, 9.17) is 4.74 Å². The van der Waals surface area contributed by atoms with Crippen LogP contribution in [0.15, 0.2) is 42.5 Å². The van der Waals surface area contributed by atoms with Gasteiger partial charge in [0.15, 0.2) is 0 Å². The van der Waals surface area contributed by atoms with Crippen LogP contribution < -0.4 is 5.32 Å². The number of nitrogens with one attached hydrogen (secondary N) is 1. The molecule has 2 aromatic rings. The van der Waals surface area contributed by atoms with E-state index < -0.39 is 4.92 Å². The van der Waals surface area contributed by atoms with Gasteiger partial charge in [0.25, 0.3) is 5.69 Å². The van der Waals surface area contributed by atoms with Crippen LogP contribution in [0.1, 0.15) is 17.2 Å². The van der Waals surface area contributed by atoms with E-state index in [1.807, 2.05) is 24.3 Å². The Morgan fingerprint density at radius 2 is 2.10 bits per heavy atom. The molecule has 0 saturated carbocycles. The van der Waals surface area contributed by atoms with Gasteiger partial charge in [0.1, 0.15) is 11.4 Å². The summed E-state index contributed by atoms with van der Waals surface area (Å²) in [6, 6.07) is 11.7. The summed E-state index contributed by atoms with van der Waals surface area (Å²) in [7, 11) is 0. The summed E-state index contributed by atoms with van der Waals surface area (Å²) in [5.41, 5.74) is 2.36. The van der Waals surface area contributed by atoms with Crippen LogP contribution >= 0.6 is 0 Å². The highest BCUT2D eigenvalue weighted by molar-refractivity contribution is 5.64. The lowest BCUT2D eigenvalue weighted by Gasteiger charge is -2.27. The molecule has 2 N–H and O–H groups in total. The number of phenols is 1. The number of phenolic OH excluding ortho intramolecular Hbond substituents is 1. The molecular weight excluding hydrogens is 272 g/mol. The van der Waals surface area contributed by atoms with Crippen LogP contribution in [0.3, 0.4) is 0 Å². The molecule has 3 rings (SSSR count). The third-order valence-corrected chi connectivity index (χ3v) is 3.48. The van der Waals surface area contributed by atoms with E-state index in [1.54, 1.807) is 0 Å². The van der Waals surface area contributed by atoms with Gasteiger partial charge in [0.05, 0.1) is 30.2 Å². The van der Waals surface area contributed by atoms with E-state index in [9.17, 15) is 15.2 Å². The SMILES string of the molecule is O=[N+]([O-])c1cc(O)ccc1NC1COCc2ccccc21. The largest absolute Gasteiger partial charge is 0.508 e. The molecule has 1 atom stereocenters. The lowest BCUT2D eigenvalue weighted by molar-refractivity contribution is -0.384. The van der Waals surface area contributed by atoms with Crippen molar-refractivity contribution in [1.29, 1.82) is 0 Å². The Labute approximate surface area is 121 Å². The second kappa shape index (κ2) is 5.41. The van der Waals surface area contributed by atoms with Crippen molar-refractivity contribution in [3.8, 4) is 5.75 Å². The lowest BCUT2D eigenvalue weighted by atomic mass is 9.99. The van der Waals surface area contributed by atoms with Gasteiger partial charge in [-0.15, -0.1) is 0 Å². The Morgan fingerprint density at radius 1 is 1.29 bits per heavy atom. The first kappa shape index (κ1) is 13.4. The van der Waals surface area contributed by atoms with E-state index in [0.717, 1.165) is 17.2 Å². The second-order valence-electron chi connectivity index (χ2n) is 4.87. The molecule has 0 fully saturated rings. The summed E-state index contributed by atoms with van der Waals surface area (Å²) < 4.78 is 5.52.